The molecule has 0 unspecified atom stereocenters. The van der Waals surface area contributed by atoms with Crippen LogP contribution in [0.4, 0.5) is 4.39 Å². The number of rotatable bonds is 6. The molecule has 0 aliphatic heterocycles. The van der Waals surface area contributed by atoms with Crippen LogP contribution in [0.1, 0.15) is 29.0 Å². The summed E-state index contributed by atoms with van der Waals surface area (Å²) in [5.41, 5.74) is 2.86. The van der Waals surface area contributed by atoms with Gasteiger partial charge >= 0.3 is 0 Å². The van der Waals surface area contributed by atoms with E-state index in [0.29, 0.717) is 12.2 Å². The molecule has 3 aromatic rings. The first-order valence-corrected chi connectivity index (χ1v) is 8.66. The maximum atomic E-state index is 13.1. The van der Waals surface area contributed by atoms with Gasteiger partial charge in [-0.3, -0.25) is 0 Å². The molecule has 0 saturated heterocycles. The third-order valence-electron chi connectivity index (χ3n) is 3.77. The van der Waals surface area contributed by atoms with Crippen molar-refractivity contribution in [2.24, 2.45) is 0 Å². The zero-order chi connectivity index (χ0) is 16.9. The summed E-state index contributed by atoms with van der Waals surface area (Å²) in [4.78, 5) is 4.51. The number of thioether (sulfide) groups is 1. The van der Waals surface area contributed by atoms with E-state index in [-0.39, 0.29) is 17.7 Å². The van der Waals surface area contributed by atoms with Crippen LogP contribution in [-0.2, 0) is 13.2 Å². The van der Waals surface area contributed by atoms with Gasteiger partial charge in [0.1, 0.15) is 5.82 Å². The second-order valence-corrected chi connectivity index (χ2v) is 6.91. The predicted octanol–water partition coefficient (Wildman–Crippen LogP) is 4.42. The average molecular weight is 342 g/mol. The van der Waals surface area contributed by atoms with E-state index in [1.54, 1.807) is 23.9 Å². The molecule has 3 nitrogen and oxygen atoms in total. The van der Waals surface area contributed by atoms with Gasteiger partial charge in [0.2, 0.25) is 0 Å². The fourth-order valence-electron chi connectivity index (χ4n) is 2.47. The number of aliphatic hydroxyl groups excluding tert-OH is 1. The van der Waals surface area contributed by atoms with Crippen molar-refractivity contribution in [2.45, 2.75) is 30.5 Å². The third-order valence-corrected chi connectivity index (χ3v) is 4.93. The first-order chi connectivity index (χ1) is 11.7. The Labute approximate surface area is 145 Å². The molecule has 3 rings (SSSR count). The number of aromatic nitrogens is 2. The molecule has 24 heavy (non-hydrogen) atoms. The second kappa shape index (κ2) is 7.64. The van der Waals surface area contributed by atoms with Crippen molar-refractivity contribution >= 4 is 11.8 Å². The van der Waals surface area contributed by atoms with Gasteiger partial charge < -0.3 is 9.67 Å². The van der Waals surface area contributed by atoms with Crippen LogP contribution >= 0.6 is 11.8 Å². The number of nitrogens with zero attached hydrogens (tertiary/aromatic N) is 2. The summed E-state index contributed by atoms with van der Waals surface area (Å²) in [6.07, 6.45) is 1.85. The minimum Gasteiger partial charge on any atom is -0.390 e. The van der Waals surface area contributed by atoms with Crippen LogP contribution in [0.25, 0.3) is 0 Å². The van der Waals surface area contributed by atoms with Crippen LogP contribution in [0, 0.1) is 5.82 Å². The van der Waals surface area contributed by atoms with E-state index in [1.165, 1.54) is 17.7 Å². The minimum atomic E-state index is -0.243. The van der Waals surface area contributed by atoms with E-state index in [1.807, 2.05) is 29.0 Å². The van der Waals surface area contributed by atoms with Crippen molar-refractivity contribution in [1.29, 1.82) is 0 Å². The molecule has 0 bridgehead atoms. The normalized spacial score (nSPS) is 12.3. The van der Waals surface area contributed by atoms with Crippen LogP contribution in [0.2, 0.25) is 0 Å². The number of halogens is 1. The van der Waals surface area contributed by atoms with Crippen molar-refractivity contribution in [3.05, 3.63) is 83.4 Å². The van der Waals surface area contributed by atoms with Crippen LogP contribution in [0.3, 0.4) is 0 Å². The standard InChI is InChI=1S/C19H19FN2OS/c1-14(16-5-3-2-4-6-16)24-19-21-18(13-23)12-22(19)11-15-7-9-17(20)10-8-15/h2-10,12,14,23H,11,13H2,1H3/t14-/m1/s1. The van der Waals surface area contributed by atoms with Crippen molar-refractivity contribution < 1.29 is 9.50 Å². The molecule has 0 aliphatic carbocycles. The van der Waals surface area contributed by atoms with E-state index < -0.39 is 0 Å². The largest absolute Gasteiger partial charge is 0.390 e. The average Bonchev–Trinajstić information content (AvgIpc) is 2.99. The summed E-state index contributed by atoms with van der Waals surface area (Å²) in [5, 5.41) is 10.5. The molecular formula is C19H19FN2OS. The second-order valence-electron chi connectivity index (χ2n) is 5.60. The Hall–Kier alpha value is -2.11. The van der Waals surface area contributed by atoms with E-state index in [4.69, 9.17) is 0 Å². The Kier molecular flexibility index (Phi) is 5.33. The predicted molar refractivity (Wildman–Crippen MR) is 94.4 cm³/mol. The molecule has 124 valence electrons. The van der Waals surface area contributed by atoms with E-state index >= 15 is 0 Å². The van der Waals surface area contributed by atoms with Gasteiger partial charge in [-0.2, -0.15) is 0 Å². The zero-order valence-corrected chi connectivity index (χ0v) is 14.2. The van der Waals surface area contributed by atoms with Gasteiger partial charge in [0.15, 0.2) is 5.16 Å². The molecule has 0 spiro atoms. The Morgan fingerprint density at radius 2 is 1.83 bits per heavy atom. The lowest BCUT2D eigenvalue weighted by molar-refractivity contribution is 0.277. The van der Waals surface area contributed by atoms with Crippen LogP contribution in [0.15, 0.2) is 66.0 Å². The van der Waals surface area contributed by atoms with Gasteiger partial charge in [0.25, 0.3) is 0 Å². The quantitative estimate of drug-likeness (QED) is 0.674. The maximum absolute atomic E-state index is 13.1. The van der Waals surface area contributed by atoms with Gasteiger partial charge in [-0.15, -0.1) is 0 Å². The highest BCUT2D eigenvalue weighted by atomic mass is 32.2. The highest BCUT2D eigenvalue weighted by Crippen LogP contribution is 2.34. The van der Waals surface area contributed by atoms with Gasteiger partial charge in [-0.1, -0.05) is 54.2 Å². The van der Waals surface area contributed by atoms with E-state index in [9.17, 15) is 9.50 Å². The number of hydrogen-bond acceptors (Lipinski definition) is 3. The lowest BCUT2D eigenvalue weighted by atomic mass is 10.2. The lowest BCUT2D eigenvalue weighted by Gasteiger charge is -2.13. The van der Waals surface area contributed by atoms with Gasteiger partial charge in [0, 0.05) is 18.0 Å². The van der Waals surface area contributed by atoms with Gasteiger partial charge in [0.05, 0.1) is 12.3 Å². The molecule has 0 aliphatic rings. The molecule has 2 aromatic carbocycles. The molecule has 0 fully saturated rings. The lowest BCUT2D eigenvalue weighted by Crippen LogP contribution is -2.01. The highest BCUT2D eigenvalue weighted by molar-refractivity contribution is 7.99. The molecule has 1 atom stereocenters. The zero-order valence-electron chi connectivity index (χ0n) is 13.4. The molecular weight excluding hydrogens is 323 g/mol. The van der Waals surface area contributed by atoms with Gasteiger partial charge in [-0.05, 0) is 30.2 Å². The summed E-state index contributed by atoms with van der Waals surface area (Å²) in [7, 11) is 0. The topological polar surface area (TPSA) is 38.1 Å². The summed E-state index contributed by atoms with van der Waals surface area (Å²) in [6.45, 7) is 2.64. The fourth-order valence-corrected chi connectivity index (χ4v) is 3.50. The maximum Gasteiger partial charge on any atom is 0.169 e. The number of benzene rings is 2. The molecule has 1 N–H and O–H groups in total. The Balaban J connectivity index is 1.82. The number of imidazole rings is 1. The molecule has 1 heterocycles. The molecule has 1 aromatic heterocycles. The van der Waals surface area contributed by atoms with Crippen LogP contribution < -0.4 is 0 Å². The Morgan fingerprint density at radius 3 is 2.50 bits per heavy atom. The summed E-state index contributed by atoms with van der Waals surface area (Å²) in [5.74, 6) is -0.243. The van der Waals surface area contributed by atoms with Crippen molar-refractivity contribution in [2.75, 3.05) is 0 Å². The number of aliphatic hydroxyl groups is 1. The highest BCUT2D eigenvalue weighted by Gasteiger charge is 2.14. The third kappa shape index (κ3) is 4.04. The first kappa shape index (κ1) is 16.7. The summed E-state index contributed by atoms with van der Waals surface area (Å²) < 4.78 is 15.1. The monoisotopic (exact) mass is 342 g/mol. The smallest absolute Gasteiger partial charge is 0.169 e. The van der Waals surface area contributed by atoms with Crippen molar-refractivity contribution in [3.63, 3.8) is 0 Å². The minimum absolute atomic E-state index is 0.0936. The van der Waals surface area contributed by atoms with E-state index in [0.717, 1.165) is 10.7 Å². The summed E-state index contributed by atoms with van der Waals surface area (Å²) in [6, 6.07) is 16.7. The fraction of sp³-hybridized carbons (Fsp3) is 0.211. The number of hydrogen-bond donors (Lipinski definition) is 1. The summed E-state index contributed by atoms with van der Waals surface area (Å²) >= 11 is 1.65. The molecule has 0 saturated carbocycles. The molecule has 0 radical (unpaired) electrons. The van der Waals surface area contributed by atoms with Crippen LogP contribution in [-0.4, -0.2) is 14.7 Å². The Morgan fingerprint density at radius 1 is 1.12 bits per heavy atom. The van der Waals surface area contributed by atoms with E-state index in [2.05, 4.69) is 24.0 Å². The molecule has 5 heteroatoms. The van der Waals surface area contributed by atoms with Gasteiger partial charge in [-0.25, -0.2) is 9.37 Å². The first-order valence-electron chi connectivity index (χ1n) is 7.78. The molecule has 0 amide bonds. The SMILES string of the molecule is C[C@@H](Sc1nc(CO)cn1Cc1ccc(F)cc1)c1ccccc1. The van der Waals surface area contributed by atoms with Crippen LogP contribution in [0.5, 0.6) is 0 Å². The Bertz CT molecular complexity index is 787. The van der Waals surface area contributed by atoms with Crippen molar-refractivity contribution in [1.82, 2.24) is 9.55 Å². The van der Waals surface area contributed by atoms with Crippen molar-refractivity contribution in [3.8, 4) is 0 Å².